The van der Waals surface area contributed by atoms with E-state index in [0.717, 1.165) is 0 Å². The summed E-state index contributed by atoms with van der Waals surface area (Å²) in [6.07, 6.45) is 1.19. The largest absolute Gasteiger partial charge is 0.481 e. The van der Waals surface area contributed by atoms with Crippen molar-refractivity contribution in [2.45, 2.75) is 19.8 Å². The molecule has 1 fully saturated rings. The number of hydrogen-bond acceptors (Lipinski definition) is 3. The Morgan fingerprint density at radius 1 is 1.20 bits per heavy atom. The maximum absolute atomic E-state index is 11.6. The van der Waals surface area contributed by atoms with E-state index in [-0.39, 0.29) is 12.3 Å². The number of anilines is 1. The van der Waals surface area contributed by atoms with Crippen LogP contribution in [0.2, 0.25) is 0 Å². The maximum atomic E-state index is 11.6. The van der Waals surface area contributed by atoms with Crippen molar-refractivity contribution in [2.75, 3.05) is 11.9 Å². The Balaban J connectivity index is 1.85. The van der Waals surface area contributed by atoms with Gasteiger partial charge in [0.1, 0.15) is 0 Å². The van der Waals surface area contributed by atoms with Gasteiger partial charge in [-0.25, -0.2) is 4.79 Å². The molecule has 106 valence electrons. The molecule has 3 N–H and O–H groups in total. The molecule has 1 aromatic carbocycles. The van der Waals surface area contributed by atoms with E-state index in [4.69, 9.17) is 5.11 Å². The van der Waals surface area contributed by atoms with Crippen molar-refractivity contribution in [2.24, 2.45) is 5.41 Å². The summed E-state index contributed by atoms with van der Waals surface area (Å²) >= 11 is 0. The SMILES string of the molecule is CC(=O)c1ccc(NC(=O)NCC2(C(=O)O)CC2)cc1. The highest BCUT2D eigenvalue weighted by Crippen LogP contribution is 2.45. The monoisotopic (exact) mass is 276 g/mol. The number of urea groups is 1. The zero-order chi connectivity index (χ0) is 14.8. The molecule has 0 heterocycles. The third-order valence-electron chi connectivity index (χ3n) is 3.44. The predicted molar refractivity (Wildman–Crippen MR) is 72.8 cm³/mol. The van der Waals surface area contributed by atoms with Crippen LogP contribution < -0.4 is 10.6 Å². The number of aliphatic carboxylic acids is 1. The van der Waals surface area contributed by atoms with Crippen molar-refractivity contribution in [3.8, 4) is 0 Å². The minimum Gasteiger partial charge on any atom is -0.481 e. The van der Waals surface area contributed by atoms with Gasteiger partial charge in [0.2, 0.25) is 0 Å². The summed E-state index contributed by atoms with van der Waals surface area (Å²) in [6, 6.07) is 6.05. The summed E-state index contributed by atoms with van der Waals surface area (Å²) in [5, 5.41) is 14.1. The van der Waals surface area contributed by atoms with Gasteiger partial charge < -0.3 is 15.7 Å². The van der Waals surface area contributed by atoms with Crippen molar-refractivity contribution < 1.29 is 19.5 Å². The van der Waals surface area contributed by atoms with Crippen LogP contribution in [0.4, 0.5) is 10.5 Å². The second-order valence-corrected chi connectivity index (χ2v) is 5.03. The number of carbonyl (C=O) groups excluding carboxylic acids is 2. The lowest BCUT2D eigenvalue weighted by Gasteiger charge is -2.12. The van der Waals surface area contributed by atoms with Crippen molar-refractivity contribution in [1.29, 1.82) is 0 Å². The van der Waals surface area contributed by atoms with E-state index >= 15 is 0 Å². The summed E-state index contributed by atoms with van der Waals surface area (Å²) in [6.45, 7) is 1.59. The highest BCUT2D eigenvalue weighted by Gasteiger charge is 2.50. The van der Waals surface area contributed by atoms with Gasteiger partial charge in [-0.2, -0.15) is 0 Å². The van der Waals surface area contributed by atoms with Gasteiger partial charge in [-0.15, -0.1) is 0 Å². The number of carboxylic acid groups (broad SMARTS) is 1. The minimum atomic E-state index is -0.872. The first-order chi connectivity index (χ1) is 9.43. The first kappa shape index (κ1) is 14.0. The van der Waals surface area contributed by atoms with Gasteiger partial charge in [-0.05, 0) is 44.0 Å². The predicted octanol–water partition coefficient (Wildman–Crippen LogP) is 1.88. The molecule has 0 unspecified atom stereocenters. The van der Waals surface area contributed by atoms with Crippen LogP contribution in [0.25, 0.3) is 0 Å². The van der Waals surface area contributed by atoms with Gasteiger partial charge in [0.15, 0.2) is 5.78 Å². The highest BCUT2D eigenvalue weighted by molar-refractivity contribution is 5.95. The molecule has 0 bridgehead atoms. The second kappa shape index (κ2) is 5.32. The Kier molecular flexibility index (Phi) is 3.74. The van der Waals surface area contributed by atoms with Crippen LogP contribution in [-0.4, -0.2) is 29.4 Å². The van der Waals surface area contributed by atoms with Crippen molar-refractivity contribution in [1.82, 2.24) is 5.32 Å². The number of carbonyl (C=O) groups is 3. The van der Waals surface area contributed by atoms with Gasteiger partial charge in [-0.1, -0.05) is 0 Å². The normalized spacial score (nSPS) is 15.2. The lowest BCUT2D eigenvalue weighted by atomic mass is 10.1. The summed E-state index contributed by atoms with van der Waals surface area (Å²) in [5.74, 6) is -0.915. The summed E-state index contributed by atoms with van der Waals surface area (Å²) in [7, 11) is 0. The lowest BCUT2D eigenvalue weighted by Crippen LogP contribution is -2.36. The van der Waals surface area contributed by atoms with E-state index in [9.17, 15) is 14.4 Å². The van der Waals surface area contributed by atoms with Crippen LogP contribution in [0.3, 0.4) is 0 Å². The molecule has 1 aliphatic carbocycles. The minimum absolute atomic E-state index is 0.0434. The number of ketones is 1. The van der Waals surface area contributed by atoms with Gasteiger partial charge in [-0.3, -0.25) is 9.59 Å². The number of amides is 2. The molecule has 1 saturated carbocycles. The molecule has 1 aromatic rings. The number of hydrogen-bond donors (Lipinski definition) is 3. The number of Topliss-reactive ketones (excluding diaryl/α,β-unsaturated/α-hetero) is 1. The van der Waals surface area contributed by atoms with Gasteiger partial charge in [0, 0.05) is 17.8 Å². The van der Waals surface area contributed by atoms with Crippen molar-refractivity contribution in [3.63, 3.8) is 0 Å². The molecule has 6 heteroatoms. The van der Waals surface area contributed by atoms with Crippen LogP contribution in [0, 0.1) is 5.41 Å². The van der Waals surface area contributed by atoms with Gasteiger partial charge in [0.25, 0.3) is 0 Å². The highest BCUT2D eigenvalue weighted by atomic mass is 16.4. The molecule has 2 rings (SSSR count). The molecule has 6 nitrogen and oxygen atoms in total. The molecule has 0 aromatic heterocycles. The van der Waals surface area contributed by atoms with E-state index in [2.05, 4.69) is 10.6 Å². The first-order valence-electron chi connectivity index (χ1n) is 6.32. The molecule has 0 atom stereocenters. The van der Waals surface area contributed by atoms with Crippen LogP contribution in [0.5, 0.6) is 0 Å². The second-order valence-electron chi connectivity index (χ2n) is 5.03. The van der Waals surface area contributed by atoms with Crippen LogP contribution in [0.1, 0.15) is 30.1 Å². The van der Waals surface area contributed by atoms with Crippen molar-refractivity contribution in [3.05, 3.63) is 29.8 Å². The number of rotatable bonds is 5. The van der Waals surface area contributed by atoms with Crippen LogP contribution >= 0.6 is 0 Å². The Morgan fingerprint density at radius 3 is 2.25 bits per heavy atom. The third-order valence-corrected chi connectivity index (χ3v) is 3.44. The van der Waals surface area contributed by atoms with E-state index < -0.39 is 17.4 Å². The standard InChI is InChI=1S/C14H16N2O4/c1-9(17)10-2-4-11(5-3-10)16-13(20)15-8-14(6-7-14)12(18)19/h2-5H,6-8H2,1H3,(H,18,19)(H2,15,16,20). The molecule has 20 heavy (non-hydrogen) atoms. The topological polar surface area (TPSA) is 95.5 Å². The molecular formula is C14H16N2O4. The van der Waals surface area contributed by atoms with E-state index in [1.807, 2.05) is 0 Å². The molecule has 0 saturated heterocycles. The zero-order valence-corrected chi connectivity index (χ0v) is 11.1. The maximum Gasteiger partial charge on any atom is 0.319 e. The smallest absolute Gasteiger partial charge is 0.319 e. The zero-order valence-electron chi connectivity index (χ0n) is 11.1. The Bertz CT molecular complexity index is 547. The van der Waals surface area contributed by atoms with Gasteiger partial charge >= 0.3 is 12.0 Å². The van der Waals surface area contributed by atoms with Gasteiger partial charge in [0.05, 0.1) is 5.41 Å². The molecule has 1 aliphatic rings. The molecule has 2 amide bonds. The van der Waals surface area contributed by atoms with Crippen LogP contribution in [0.15, 0.2) is 24.3 Å². The molecule has 0 spiro atoms. The fourth-order valence-electron chi connectivity index (χ4n) is 1.83. The molecular weight excluding hydrogens is 260 g/mol. The summed E-state index contributed by atoms with van der Waals surface area (Å²) < 4.78 is 0. The molecule has 0 aliphatic heterocycles. The number of benzene rings is 1. The van der Waals surface area contributed by atoms with E-state index in [1.54, 1.807) is 24.3 Å². The van der Waals surface area contributed by atoms with E-state index in [1.165, 1.54) is 6.92 Å². The third kappa shape index (κ3) is 3.14. The quantitative estimate of drug-likeness (QED) is 0.715. The first-order valence-corrected chi connectivity index (χ1v) is 6.32. The van der Waals surface area contributed by atoms with Crippen molar-refractivity contribution >= 4 is 23.5 Å². The average molecular weight is 276 g/mol. The Labute approximate surface area is 116 Å². The summed E-state index contributed by atoms with van der Waals surface area (Å²) in [5.41, 5.74) is 0.335. The van der Waals surface area contributed by atoms with E-state index in [0.29, 0.717) is 24.1 Å². The average Bonchev–Trinajstić information content (AvgIpc) is 3.18. The Morgan fingerprint density at radius 2 is 1.80 bits per heavy atom. The Hall–Kier alpha value is -2.37. The fraction of sp³-hybridized carbons (Fsp3) is 0.357. The fourth-order valence-corrected chi connectivity index (χ4v) is 1.83. The summed E-state index contributed by atoms with van der Waals surface area (Å²) in [4.78, 5) is 33.7. The van der Waals surface area contributed by atoms with Crippen LogP contribution in [-0.2, 0) is 4.79 Å². The number of carboxylic acids is 1. The molecule has 0 radical (unpaired) electrons. The number of nitrogens with one attached hydrogen (secondary N) is 2. The lowest BCUT2D eigenvalue weighted by molar-refractivity contribution is -0.143.